The molecule has 0 aliphatic heterocycles. The van der Waals surface area contributed by atoms with Crippen LogP contribution >= 0.6 is 0 Å². The fourth-order valence-corrected chi connectivity index (χ4v) is 0.662. The second-order valence-corrected chi connectivity index (χ2v) is 2.20. The molecule has 0 bridgehead atoms. The number of hydrogen-bond donors (Lipinski definition) is 0. The van der Waals surface area contributed by atoms with Crippen molar-refractivity contribution in [1.29, 1.82) is 0 Å². The maximum absolute atomic E-state index is 9.71. The zero-order valence-corrected chi connectivity index (χ0v) is 5.63. The van der Waals surface area contributed by atoms with Crippen LogP contribution in [0, 0.1) is 0 Å². The fraction of sp³-hybridized carbons (Fsp3) is 0.667. The van der Waals surface area contributed by atoms with Crippen LogP contribution in [-0.2, 0) is 31.2 Å². The maximum atomic E-state index is 9.71. The number of hydrogen-bond acceptors (Lipinski definition) is 4. The standard InChI is InChI=1S/C3H5O2.2O.V/c1-3(5)2-4;;;/h2-3H,1H3;;;/q-1;;;+1. The zero-order chi connectivity index (χ0) is 6.57. The third-order valence-corrected chi connectivity index (χ3v) is 1.23. The summed E-state index contributed by atoms with van der Waals surface area (Å²) in [6.45, 7) is 1.37. The van der Waals surface area contributed by atoms with E-state index in [0.29, 0.717) is 6.29 Å². The third kappa shape index (κ3) is 3.99. The molecule has 1 atom stereocenters. The molecule has 0 aliphatic rings. The first-order valence-electron chi connectivity index (χ1n) is 1.93. The van der Waals surface area contributed by atoms with Crippen molar-refractivity contribution in [3.8, 4) is 0 Å². The molecule has 0 rings (SSSR count). The molecule has 8 heavy (non-hydrogen) atoms. The molecule has 0 heterocycles. The Labute approximate surface area is 51.2 Å². The normalized spacial score (nSPS) is 12.6. The summed E-state index contributed by atoms with van der Waals surface area (Å²) in [5, 5.41) is 0. The van der Waals surface area contributed by atoms with Gasteiger partial charge in [0.05, 0.1) is 0 Å². The van der Waals surface area contributed by atoms with Gasteiger partial charge in [-0.1, -0.05) is 0 Å². The predicted molar refractivity (Wildman–Crippen MR) is 18.0 cm³/mol. The topological polar surface area (TPSA) is 60.4 Å². The summed E-state index contributed by atoms with van der Waals surface area (Å²) in [5.74, 6) is 0. The number of carbonyl (C=O) groups is 1. The molecule has 0 fully saturated rings. The van der Waals surface area contributed by atoms with Crippen LogP contribution in [0.2, 0.25) is 0 Å². The van der Waals surface area contributed by atoms with Crippen molar-refractivity contribution in [3.05, 3.63) is 0 Å². The van der Waals surface area contributed by atoms with Crippen LogP contribution in [0.3, 0.4) is 0 Å². The fourth-order valence-electron chi connectivity index (χ4n) is 0.161. The van der Waals surface area contributed by atoms with Crippen LogP contribution < -0.4 is 0 Å². The number of rotatable bonds is 3. The first kappa shape index (κ1) is 7.81. The van der Waals surface area contributed by atoms with Crippen molar-refractivity contribution in [3.63, 3.8) is 0 Å². The van der Waals surface area contributed by atoms with Crippen LogP contribution in [0.15, 0.2) is 0 Å². The van der Waals surface area contributed by atoms with E-state index in [9.17, 15) is 12.1 Å². The summed E-state index contributed by atoms with van der Waals surface area (Å²) < 4.78 is 23.5. The van der Waals surface area contributed by atoms with Crippen molar-refractivity contribution in [2.24, 2.45) is 0 Å². The van der Waals surface area contributed by atoms with Gasteiger partial charge in [0.2, 0.25) is 0 Å². The Hall–Kier alpha value is -0.186. The Morgan fingerprint density at radius 2 is 2.12 bits per heavy atom. The van der Waals surface area contributed by atoms with Crippen molar-refractivity contribution in [1.82, 2.24) is 0 Å². The SMILES string of the molecule is CC(C=O)[O][V](=[O])=[O]. The second kappa shape index (κ2) is 3.77. The molecule has 0 spiro atoms. The molecule has 0 saturated carbocycles. The predicted octanol–water partition coefficient (Wildman–Crippen LogP) is -0.185. The van der Waals surface area contributed by atoms with Crippen molar-refractivity contribution >= 4 is 6.29 Å². The Morgan fingerprint density at radius 1 is 1.62 bits per heavy atom. The summed E-state index contributed by atoms with van der Waals surface area (Å²) in [7, 11) is 0. The molecule has 0 aromatic rings. The molecule has 0 aromatic heterocycles. The molecule has 0 N–H and O–H groups in total. The van der Waals surface area contributed by atoms with Crippen LogP contribution in [0.4, 0.5) is 0 Å². The van der Waals surface area contributed by atoms with Crippen molar-refractivity contribution in [2.75, 3.05) is 0 Å². The van der Waals surface area contributed by atoms with E-state index in [1.165, 1.54) is 6.92 Å². The van der Waals surface area contributed by atoms with E-state index < -0.39 is 21.5 Å². The van der Waals surface area contributed by atoms with Gasteiger partial charge in [-0.25, -0.2) is 0 Å². The van der Waals surface area contributed by atoms with Gasteiger partial charge >= 0.3 is 50.5 Å². The average molecular weight is 156 g/mol. The van der Waals surface area contributed by atoms with Gasteiger partial charge in [-0.05, 0) is 0 Å². The Kier molecular flexibility index (Phi) is 3.69. The Morgan fingerprint density at radius 3 is 2.25 bits per heavy atom. The van der Waals surface area contributed by atoms with Crippen LogP contribution in [0.5, 0.6) is 0 Å². The van der Waals surface area contributed by atoms with Gasteiger partial charge < -0.3 is 0 Å². The Balaban J connectivity index is 3.54. The minimum absolute atomic E-state index is 0.428. The summed E-state index contributed by atoms with van der Waals surface area (Å²) in [6, 6.07) is 0. The molecule has 46 valence electrons. The molecule has 0 radical (unpaired) electrons. The van der Waals surface area contributed by atoms with Gasteiger partial charge in [0, 0.05) is 0 Å². The zero-order valence-electron chi connectivity index (χ0n) is 4.23. The Bertz CT molecular complexity index is 130. The summed E-state index contributed by atoms with van der Waals surface area (Å²) in [4.78, 5) is 9.66. The molecule has 0 aromatic carbocycles. The summed E-state index contributed by atoms with van der Waals surface area (Å²) in [5.41, 5.74) is 0. The van der Waals surface area contributed by atoms with E-state index >= 15 is 0 Å². The van der Waals surface area contributed by atoms with Crippen LogP contribution in [0.1, 0.15) is 6.92 Å². The van der Waals surface area contributed by atoms with Gasteiger partial charge in [0.25, 0.3) is 0 Å². The average Bonchev–Trinajstić information content (AvgIpc) is 1.65. The quantitative estimate of drug-likeness (QED) is 0.531. The van der Waals surface area contributed by atoms with E-state index in [-0.39, 0.29) is 0 Å². The molecule has 0 aliphatic carbocycles. The molecule has 1 unspecified atom stereocenters. The number of aldehydes is 1. The molecule has 5 heteroatoms. The first-order valence-corrected chi connectivity index (χ1v) is 3.64. The van der Waals surface area contributed by atoms with E-state index in [1.807, 2.05) is 0 Å². The van der Waals surface area contributed by atoms with Gasteiger partial charge in [-0.15, -0.1) is 0 Å². The van der Waals surface area contributed by atoms with Crippen molar-refractivity contribution in [2.45, 2.75) is 13.0 Å². The van der Waals surface area contributed by atoms with Gasteiger partial charge in [0.1, 0.15) is 0 Å². The second-order valence-electron chi connectivity index (χ2n) is 1.17. The summed E-state index contributed by atoms with van der Waals surface area (Å²) in [6.07, 6.45) is -0.387. The minimum atomic E-state index is -3.53. The van der Waals surface area contributed by atoms with E-state index in [2.05, 4.69) is 3.66 Å². The molecule has 0 amide bonds. The molecular weight excluding hydrogens is 151 g/mol. The molecule has 0 saturated heterocycles. The van der Waals surface area contributed by atoms with E-state index in [4.69, 9.17) is 0 Å². The van der Waals surface area contributed by atoms with E-state index in [0.717, 1.165) is 0 Å². The molecular formula is C3H5O4V. The molecule has 4 nitrogen and oxygen atoms in total. The van der Waals surface area contributed by atoms with E-state index in [1.54, 1.807) is 0 Å². The van der Waals surface area contributed by atoms with Crippen molar-refractivity contribution < 1.29 is 31.2 Å². The van der Waals surface area contributed by atoms with Gasteiger partial charge in [-0.3, -0.25) is 0 Å². The van der Waals surface area contributed by atoms with Gasteiger partial charge in [-0.2, -0.15) is 0 Å². The monoisotopic (exact) mass is 156 g/mol. The third-order valence-electron chi connectivity index (χ3n) is 0.444. The number of carbonyl (C=O) groups excluding carboxylic acids is 1. The summed E-state index contributed by atoms with van der Waals surface area (Å²) >= 11 is -3.53. The van der Waals surface area contributed by atoms with Crippen LogP contribution in [0.25, 0.3) is 0 Å². The van der Waals surface area contributed by atoms with Crippen LogP contribution in [-0.4, -0.2) is 12.4 Å². The van der Waals surface area contributed by atoms with Gasteiger partial charge in [0.15, 0.2) is 0 Å². The first-order chi connectivity index (χ1) is 3.66.